The zero-order valence-electron chi connectivity index (χ0n) is 17.8. The van der Waals surface area contributed by atoms with Gasteiger partial charge in [0.1, 0.15) is 24.5 Å². The molecule has 0 bridgehead atoms. The van der Waals surface area contributed by atoms with Crippen molar-refractivity contribution in [1.82, 2.24) is 0 Å². The lowest BCUT2D eigenvalue weighted by molar-refractivity contribution is -0.290. The number of aliphatic hydroxyl groups excluding tert-OH is 2. The van der Waals surface area contributed by atoms with Crippen LogP contribution in [-0.2, 0) is 26.6 Å². The van der Waals surface area contributed by atoms with E-state index in [0.29, 0.717) is 17.7 Å². The van der Waals surface area contributed by atoms with E-state index in [1.807, 2.05) is 0 Å². The number of hydrogen-bond donors (Lipinski definition) is 2. The van der Waals surface area contributed by atoms with Gasteiger partial charge in [-0.05, 0) is 36.3 Å². The van der Waals surface area contributed by atoms with Crippen molar-refractivity contribution in [2.45, 2.75) is 62.6 Å². The average molecular weight is 500 g/mol. The first-order chi connectivity index (χ1) is 15.8. The summed E-state index contributed by atoms with van der Waals surface area (Å²) in [6.45, 7) is 0.694. The molecule has 0 amide bonds. The standard InChI is InChI=1S/C22H23F7O5/c1-11(13-6-14(21(24,25)26)8-15(7-13)22(27,28)29)34-20-19(18(31)17(30)10-33-20)32-9-12-2-4-16(23)5-3-12/h2-4,6-8,11,16-20,30-31H,5,9-10H2,1H3/t11-,16?,17?,18+,19?,20+/m1/s1. The molecule has 5 nitrogen and oxygen atoms in total. The van der Waals surface area contributed by atoms with Gasteiger partial charge in [-0.1, -0.05) is 18.2 Å². The van der Waals surface area contributed by atoms with Crippen molar-refractivity contribution in [3.05, 3.63) is 58.7 Å². The van der Waals surface area contributed by atoms with Crippen molar-refractivity contribution in [3.63, 3.8) is 0 Å². The van der Waals surface area contributed by atoms with Crippen molar-refractivity contribution >= 4 is 0 Å². The quantitative estimate of drug-likeness (QED) is 0.564. The van der Waals surface area contributed by atoms with Crippen molar-refractivity contribution < 1.29 is 55.2 Å². The molecule has 12 heteroatoms. The minimum atomic E-state index is -5.02. The Kier molecular flexibility index (Phi) is 8.08. The smallest absolute Gasteiger partial charge is 0.388 e. The normalized spacial score (nSPS) is 29.1. The van der Waals surface area contributed by atoms with Crippen LogP contribution in [0.3, 0.4) is 0 Å². The highest BCUT2D eigenvalue weighted by atomic mass is 19.4. The SMILES string of the molecule is C[C@@H](O[C@@H]1OCC(O)[C@H](O)C1OCC1=CCC(F)C=C1)c1cc(C(F)(F)F)cc(C(F)(F)F)c1. The minimum absolute atomic E-state index is 0.00669. The Labute approximate surface area is 190 Å². The Hall–Kier alpha value is -1.99. The van der Waals surface area contributed by atoms with E-state index in [2.05, 4.69) is 0 Å². The van der Waals surface area contributed by atoms with Crippen LogP contribution in [0, 0.1) is 0 Å². The fraction of sp³-hybridized carbons (Fsp3) is 0.545. The van der Waals surface area contributed by atoms with Gasteiger partial charge in [-0.15, -0.1) is 0 Å². The highest BCUT2D eigenvalue weighted by Crippen LogP contribution is 2.38. The summed E-state index contributed by atoms with van der Waals surface area (Å²) in [7, 11) is 0. The number of rotatable bonds is 6. The molecule has 0 saturated carbocycles. The van der Waals surface area contributed by atoms with Gasteiger partial charge in [0.2, 0.25) is 0 Å². The molecule has 3 rings (SSSR count). The second kappa shape index (κ2) is 10.3. The zero-order chi connectivity index (χ0) is 25.3. The molecule has 1 aromatic rings. The molecule has 1 aromatic carbocycles. The fourth-order valence-electron chi connectivity index (χ4n) is 3.49. The maximum Gasteiger partial charge on any atom is 0.416 e. The summed E-state index contributed by atoms with van der Waals surface area (Å²) in [5.74, 6) is 0. The number of hydrogen-bond acceptors (Lipinski definition) is 5. The lowest BCUT2D eigenvalue weighted by atomic mass is 10.0. The average Bonchev–Trinajstić information content (AvgIpc) is 2.75. The van der Waals surface area contributed by atoms with Gasteiger partial charge in [-0.3, -0.25) is 0 Å². The van der Waals surface area contributed by atoms with Crippen molar-refractivity contribution in [2.24, 2.45) is 0 Å². The van der Waals surface area contributed by atoms with Crippen LogP contribution in [0.4, 0.5) is 30.7 Å². The van der Waals surface area contributed by atoms with Gasteiger partial charge >= 0.3 is 12.4 Å². The van der Waals surface area contributed by atoms with Crippen LogP contribution in [0.15, 0.2) is 42.0 Å². The predicted octanol–water partition coefficient (Wildman–Crippen LogP) is 4.49. The summed E-state index contributed by atoms with van der Waals surface area (Å²) in [5, 5.41) is 20.2. The molecule has 6 atom stereocenters. The molecule has 2 aliphatic rings. The number of allylic oxidation sites excluding steroid dienone is 2. The molecule has 1 saturated heterocycles. The second-order valence-electron chi connectivity index (χ2n) is 8.04. The lowest BCUT2D eigenvalue weighted by Gasteiger charge is -2.39. The van der Waals surface area contributed by atoms with Crippen LogP contribution < -0.4 is 0 Å². The Morgan fingerprint density at radius 1 is 1.06 bits per heavy atom. The van der Waals surface area contributed by atoms with Gasteiger partial charge in [-0.2, -0.15) is 26.3 Å². The van der Waals surface area contributed by atoms with Crippen LogP contribution in [0.25, 0.3) is 0 Å². The zero-order valence-corrected chi connectivity index (χ0v) is 17.8. The molecule has 0 aromatic heterocycles. The Bertz CT molecular complexity index is 880. The maximum absolute atomic E-state index is 13.2. The number of benzene rings is 1. The minimum Gasteiger partial charge on any atom is -0.388 e. The van der Waals surface area contributed by atoms with Crippen LogP contribution in [0.1, 0.15) is 36.1 Å². The maximum atomic E-state index is 13.2. The first-order valence-corrected chi connectivity index (χ1v) is 10.3. The molecule has 1 fully saturated rings. The van der Waals surface area contributed by atoms with Gasteiger partial charge in [-0.25, -0.2) is 4.39 Å². The van der Waals surface area contributed by atoms with E-state index in [-0.39, 0.29) is 19.1 Å². The molecule has 3 unspecified atom stereocenters. The van der Waals surface area contributed by atoms with E-state index in [0.717, 1.165) is 0 Å². The molecule has 34 heavy (non-hydrogen) atoms. The highest BCUT2D eigenvalue weighted by Gasteiger charge is 2.42. The molecule has 0 spiro atoms. The van der Waals surface area contributed by atoms with Gasteiger partial charge in [0, 0.05) is 6.42 Å². The number of alkyl halides is 7. The topological polar surface area (TPSA) is 68.2 Å². The first-order valence-electron chi connectivity index (χ1n) is 10.3. The summed E-state index contributed by atoms with van der Waals surface area (Å²) in [6.07, 6.45) is -13.7. The second-order valence-corrected chi connectivity index (χ2v) is 8.04. The van der Waals surface area contributed by atoms with E-state index in [9.17, 15) is 40.9 Å². The van der Waals surface area contributed by atoms with Crippen LogP contribution in [0.5, 0.6) is 0 Å². The lowest BCUT2D eigenvalue weighted by Crippen LogP contribution is -2.55. The third-order valence-corrected chi connectivity index (χ3v) is 5.41. The van der Waals surface area contributed by atoms with E-state index in [4.69, 9.17) is 14.2 Å². The molecule has 0 radical (unpaired) electrons. The summed E-state index contributed by atoms with van der Waals surface area (Å²) in [4.78, 5) is 0. The number of halogens is 7. The monoisotopic (exact) mass is 500 g/mol. The number of aliphatic hydroxyl groups is 2. The molecule has 1 aliphatic carbocycles. The molecule has 2 N–H and O–H groups in total. The van der Waals surface area contributed by atoms with E-state index >= 15 is 0 Å². The van der Waals surface area contributed by atoms with Crippen molar-refractivity contribution in [3.8, 4) is 0 Å². The van der Waals surface area contributed by atoms with Crippen molar-refractivity contribution in [1.29, 1.82) is 0 Å². The van der Waals surface area contributed by atoms with Gasteiger partial charge in [0.15, 0.2) is 6.29 Å². The fourth-order valence-corrected chi connectivity index (χ4v) is 3.49. The van der Waals surface area contributed by atoms with E-state index in [1.54, 1.807) is 6.08 Å². The molecule has 190 valence electrons. The van der Waals surface area contributed by atoms with Gasteiger partial charge in [0.25, 0.3) is 0 Å². The summed E-state index contributed by atoms with van der Waals surface area (Å²) >= 11 is 0. The molecular weight excluding hydrogens is 477 g/mol. The summed E-state index contributed by atoms with van der Waals surface area (Å²) in [5.41, 5.74) is -2.84. The van der Waals surface area contributed by atoms with Crippen molar-refractivity contribution in [2.75, 3.05) is 13.2 Å². The van der Waals surface area contributed by atoms with E-state index < -0.39 is 72.5 Å². The Morgan fingerprint density at radius 2 is 1.68 bits per heavy atom. The van der Waals surface area contributed by atoms with Crippen LogP contribution in [-0.4, -0.2) is 54.2 Å². The molecular formula is C22H23F7O5. The molecule has 1 heterocycles. The third-order valence-electron chi connectivity index (χ3n) is 5.41. The molecule has 1 aliphatic heterocycles. The Morgan fingerprint density at radius 3 is 2.21 bits per heavy atom. The summed E-state index contributed by atoms with van der Waals surface area (Å²) < 4.78 is 109. The first kappa shape index (κ1) is 26.6. The largest absolute Gasteiger partial charge is 0.416 e. The predicted molar refractivity (Wildman–Crippen MR) is 104 cm³/mol. The highest BCUT2D eigenvalue weighted by molar-refractivity contribution is 5.34. The van der Waals surface area contributed by atoms with Crippen LogP contribution >= 0.6 is 0 Å². The van der Waals surface area contributed by atoms with Gasteiger partial charge < -0.3 is 24.4 Å². The van der Waals surface area contributed by atoms with E-state index in [1.165, 1.54) is 19.1 Å². The number of ether oxygens (including phenoxy) is 3. The van der Waals surface area contributed by atoms with Gasteiger partial charge in [0.05, 0.1) is 30.4 Å². The van der Waals surface area contributed by atoms with Crippen LogP contribution in [0.2, 0.25) is 0 Å². The summed E-state index contributed by atoms with van der Waals surface area (Å²) in [6, 6.07) is 1.08. The third kappa shape index (κ3) is 6.57. The Balaban J connectivity index is 1.79.